The molecule has 0 bridgehead atoms. The van der Waals surface area contributed by atoms with E-state index in [1.54, 1.807) is 0 Å². The van der Waals surface area contributed by atoms with Crippen molar-refractivity contribution in [3.05, 3.63) is 36.4 Å². The number of amides is 1. The predicted octanol–water partition coefficient (Wildman–Crippen LogP) is 1.11. The molecule has 0 N–H and O–H groups in total. The number of nitrogens with zero attached hydrogens (tertiary/aromatic N) is 5. The maximum Gasteiger partial charge on any atom is 0.256 e. The zero-order valence-corrected chi connectivity index (χ0v) is 10.2. The number of anilines is 1. The van der Waals surface area contributed by atoms with Crippen LogP contribution in [0.15, 0.2) is 30.6 Å². The Labute approximate surface area is 111 Å². The van der Waals surface area contributed by atoms with Gasteiger partial charge in [-0.1, -0.05) is 0 Å². The molecule has 0 aliphatic carbocycles. The third kappa shape index (κ3) is 3.53. The molecule has 1 heterocycles. The van der Waals surface area contributed by atoms with Gasteiger partial charge in [0.15, 0.2) is 0 Å². The molecule has 0 atom stereocenters. The second-order valence-corrected chi connectivity index (χ2v) is 3.88. The average molecular weight is 285 g/mol. The largest absolute Gasteiger partial charge is 0.305 e. The number of alkyl halides is 2. The van der Waals surface area contributed by atoms with E-state index in [-0.39, 0.29) is 12.2 Å². The molecule has 9 heteroatoms. The lowest BCUT2D eigenvalue weighted by Gasteiger charge is -2.22. The van der Waals surface area contributed by atoms with Crippen molar-refractivity contribution in [2.45, 2.75) is 13.0 Å². The summed E-state index contributed by atoms with van der Waals surface area (Å²) in [5.74, 6) is -1.14. The number of tetrazole rings is 1. The maximum atomic E-state index is 12.8. The van der Waals surface area contributed by atoms with Gasteiger partial charge in [-0.25, -0.2) is 17.9 Å². The van der Waals surface area contributed by atoms with E-state index in [4.69, 9.17) is 0 Å². The zero-order chi connectivity index (χ0) is 14.5. The van der Waals surface area contributed by atoms with E-state index in [0.717, 1.165) is 21.7 Å². The maximum absolute atomic E-state index is 12.8. The third-order valence-electron chi connectivity index (χ3n) is 2.45. The summed E-state index contributed by atoms with van der Waals surface area (Å²) in [5, 5.41) is 10.2. The van der Waals surface area contributed by atoms with Gasteiger partial charge in [-0.05, 0) is 34.7 Å². The molecule has 0 saturated carbocycles. The van der Waals surface area contributed by atoms with Crippen LogP contribution >= 0.6 is 0 Å². The van der Waals surface area contributed by atoms with Gasteiger partial charge in [0, 0.05) is 5.69 Å². The van der Waals surface area contributed by atoms with Gasteiger partial charge >= 0.3 is 0 Å². The third-order valence-corrected chi connectivity index (χ3v) is 2.45. The van der Waals surface area contributed by atoms with Crippen molar-refractivity contribution in [2.75, 3.05) is 11.4 Å². The minimum Gasteiger partial charge on any atom is -0.305 e. The van der Waals surface area contributed by atoms with Crippen LogP contribution in [0, 0.1) is 5.82 Å². The van der Waals surface area contributed by atoms with Crippen molar-refractivity contribution in [2.24, 2.45) is 0 Å². The van der Waals surface area contributed by atoms with E-state index in [1.165, 1.54) is 18.5 Å². The van der Waals surface area contributed by atoms with Crippen LogP contribution in [-0.4, -0.2) is 39.1 Å². The molecule has 0 aliphatic heterocycles. The summed E-state index contributed by atoms with van der Waals surface area (Å²) < 4.78 is 39.1. The van der Waals surface area contributed by atoms with E-state index in [0.29, 0.717) is 0 Å². The summed E-state index contributed by atoms with van der Waals surface area (Å²) in [7, 11) is 0. The minimum atomic E-state index is -2.71. The van der Waals surface area contributed by atoms with Gasteiger partial charge < -0.3 is 4.90 Å². The second kappa shape index (κ2) is 6.13. The van der Waals surface area contributed by atoms with Gasteiger partial charge in [-0.15, -0.1) is 5.10 Å². The van der Waals surface area contributed by atoms with E-state index in [1.807, 2.05) is 0 Å². The number of carbonyl (C=O) groups excluding carboxylic acids is 1. The van der Waals surface area contributed by atoms with Gasteiger partial charge in [0.25, 0.3) is 6.43 Å². The first-order valence-electron chi connectivity index (χ1n) is 5.61. The molecule has 1 amide bonds. The Bertz CT molecular complexity index is 558. The number of carbonyl (C=O) groups is 1. The van der Waals surface area contributed by atoms with Gasteiger partial charge in [0.05, 0.1) is 6.54 Å². The van der Waals surface area contributed by atoms with E-state index in [9.17, 15) is 18.0 Å². The highest BCUT2D eigenvalue weighted by Gasteiger charge is 2.20. The van der Waals surface area contributed by atoms with Crippen molar-refractivity contribution in [1.29, 1.82) is 0 Å². The molecule has 0 unspecified atom stereocenters. The lowest BCUT2D eigenvalue weighted by molar-refractivity contribution is -0.119. The van der Waals surface area contributed by atoms with Gasteiger partial charge in [-0.3, -0.25) is 4.79 Å². The molecule has 0 saturated heterocycles. The van der Waals surface area contributed by atoms with E-state index < -0.39 is 24.7 Å². The zero-order valence-electron chi connectivity index (χ0n) is 10.2. The lowest BCUT2D eigenvalue weighted by atomic mass is 10.2. The first kappa shape index (κ1) is 14.0. The monoisotopic (exact) mass is 285 g/mol. The average Bonchev–Trinajstić information content (AvgIpc) is 2.89. The molecule has 0 spiro atoms. The van der Waals surface area contributed by atoms with Crippen molar-refractivity contribution in [3.8, 4) is 0 Å². The van der Waals surface area contributed by atoms with Crippen LogP contribution in [0.3, 0.4) is 0 Å². The molecule has 0 radical (unpaired) electrons. The van der Waals surface area contributed by atoms with Crippen LogP contribution in [0.5, 0.6) is 0 Å². The van der Waals surface area contributed by atoms with Crippen LogP contribution in [0.1, 0.15) is 0 Å². The fourth-order valence-corrected chi connectivity index (χ4v) is 1.59. The molecule has 106 valence electrons. The first-order valence-corrected chi connectivity index (χ1v) is 5.61. The highest BCUT2D eigenvalue weighted by atomic mass is 19.3. The number of aromatic nitrogens is 4. The Morgan fingerprint density at radius 3 is 2.55 bits per heavy atom. The number of rotatable bonds is 5. The number of hydrogen-bond donors (Lipinski definition) is 0. The summed E-state index contributed by atoms with van der Waals surface area (Å²) in [5.41, 5.74) is 0.185. The van der Waals surface area contributed by atoms with Crippen LogP contribution in [0.25, 0.3) is 0 Å². The highest BCUT2D eigenvalue weighted by Crippen LogP contribution is 2.17. The van der Waals surface area contributed by atoms with Gasteiger partial charge in [0.1, 0.15) is 18.7 Å². The lowest BCUT2D eigenvalue weighted by Crippen LogP contribution is -2.37. The Morgan fingerprint density at radius 2 is 2.00 bits per heavy atom. The Balaban J connectivity index is 2.18. The standard InChI is InChI=1S/C11H10F3N5O/c12-8-1-3-9(4-2-8)19(5-10(13)14)11(20)6-18-7-15-16-17-18/h1-4,7,10H,5-6H2. The van der Waals surface area contributed by atoms with Crippen LogP contribution < -0.4 is 4.90 Å². The quantitative estimate of drug-likeness (QED) is 0.825. The molecule has 2 aromatic rings. The van der Waals surface area contributed by atoms with Crippen molar-refractivity contribution in [3.63, 3.8) is 0 Å². The van der Waals surface area contributed by atoms with Gasteiger partial charge in [0.2, 0.25) is 5.91 Å². The van der Waals surface area contributed by atoms with Crippen LogP contribution in [-0.2, 0) is 11.3 Å². The summed E-state index contributed by atoms with van der Waals surface area (Å²) in [6, 6.07) is 4.71. The van der Waals surface area contributed by atoms with Gasteiger partial charge in [-0.2, -0.15) is 0 Å². The molecular formula is C11H10F3N5O. The molecule has 20 heavy (non-hydrogen) atoms. The number of benzene rings is 1. The van der Waals surface area contributed by atoms with Crippen LogP contribution in [0.2, 0.25) is 0 Å². The normalized spacial score (nSPS) is 10.8. The molecule has 1 aromatic heterocycles. The molecule has 2 rings (SSSR count). The Hall–Kier alpha value is -2.45. The van der Waals surface area contributed by atoms with Crippen molar-refractivity contribution < 1.29 is 18.0 Å². The Morgan fingerprint density at radius 1 is 1.30 bits per heavy atom. The molecule has 6 nitrogen and oxygen atoms in total. The van der Waals surface area contributed by atoms with Crippen molar-refractivity contribution >= 4 is 11.6 Å². The smallest absolute Gasteiger partial charge is 0.256 e. The highest BCUT2D eigenvalue weighted by molar-refractivity contribution is 5.93. The summed E-state index contributed by atoms with van der Waals surface area (Å²) in [6.45, 7) is -1.07. The summed E-state index contributed by atoms with van der Waals surface area (Å²) in [6.07, 6.45) is -1.51. The number of hydrogen-bond acceptors (Lipinski definition) is 4. The molecular weight excluding hydrogens is 275 g/mol. The first-order chi connectivity index (χ1) is 9.56. The number of halogens is 3. The van der Waals surface area contributed by atoms with E-state index >= 15 is 0 Å². The topological polar surface area (TPSA) is 63.9 Å². The fourth-order valence-electron chi connectivity index (χ4n) is 1.59. The Kier molecular flexibility index (Phi) is 4.28. The SMILES string of the molecule is O=C(Cn1cnnn1)N(CC(F)F)c1ccc(F)cc1. The minimum absolute atomic E-state index is 0.185. The van der Waals surface area contributed by atoms with Crippen LogP contribution in [0.4, 0.5) is 18.9 Å². The fraction of sp³-hybridized carbons (Fsp3) is 0.273. The van der Waals surface area contributed by atoms with E-state index in [2.05, 4.69) is 15.5 Å². The van der Waals surface area contributed by atoms with Crippen molar-refractivity contribution in [1.82, 2.24) is 20.2 Å². The summed E-state index contributed by atoms with van der Waals surface area (Å²) >= 11 is 0. The molecule has 0 fully saturated rings. The second-order valence-electron chi connectivity index (χ2n) is 3.88. The predicted molar refractivity (Wildman–Crippen MR) is 62.6 cm³/mol. The molecule has 1 aromatic carbocycles. The molecule has 0 aliphatic rings. The summed E-state index contributed by atoms with van der Waals surface area (Å²) in [4.78, 5) is 12.9.